The lowest BCUT2D eigenvalue weighted by Crippen LogP contribution is -2.97. The average Bonchev–Trinajstić information content (AvgIpc) is 3.31. The molecule has 5 aliphatic rings. The molecule has 212 valence electrons. The van der Waals surface area contributed by atoms with E-state index in [1.165, 1.54) is 12.8 Å². The highest BCUT2D eigenvalue weighted by Gasteiger charge is 2.64. The van der Waals surface area contributed by atoms with E-state index in [1.54, 1.807) is 0 Å². The summed E-state index contributed by atoms with van der Waals surface area (Å²) in [6.45, 7) is 11.5. The van der Waals surface area contributed by atoms with E-state index in [4.69, 9.17) is 4.74 Å². The van der Waals surface area contributed by atoms with Crippen LogP contribution in [-0.4, -0.2) is 109 Å². The van der Waals surface area contributed by atoms with E-state index in [1.807, 2.05) is 11.8 Å². The van der Waals surface area contributed by atoms with Gasteiger partial charge in [0.1, 0.15) is 6.04 Å². The molecule has 5 rings (SSSR count). The monoisotopic (exact) mass is 540 g/mol. The minimum absolute atomic E-state index is 0.00587. The summed E-state index contributed by atoms with van der Waals surface area (Å²) in [5.41, 5.74) is -0.319. The number of thioether (sulfide) groups is 1. The Hall–Kier alpha value is -0.460. The number of nitrogens with one attached hydrogen (secondary N) is 3. The fourth-order valence-electron chi connectivity index (χ4n) is 8.20. The first-order valence-electron chi connectivity index (χ1n) is 14.7. The van der Waals surface area contributed by atoms with Crippen LogP contribution in [0, 0.1) is 22.7 Å². The van der Waals surface area contributed by atoms with Gasteiger partial charge in [0.05, 0.1) is 31.2 Å². The van der Waals surface area contributed by atoms with Crippen molar-refractivity contribution in [3.63, 3.8) is 0 Å². The van der Waals surface area contributed by atoms with Gasteiger partial charge in [0.2, 0.25) is 5.91 Å². The van der Waals surface area contributed by atoms with Crippen LogP contribution >= 0.6 is 11.8 Å². The standard InChI is InChI=1S/C27H49N5O4S/c1-26-6-5-22(34)27(2,17-33)21(26)15-20-24(31-25(37-20)30-18-4-3-7-28-16-18)19(26)14-23(35)29-8-9-32-10-12-36-13-11-32/h18-22,24-25,28,30-31,33-34H,3-17H2,1-2H3,(H,29,35)/p+1/t18?,19-,20?,21+,22-,24?,25?,26+,27+/m1/s1. The topological polar surface area (TPSA) is 123 Å². The lowest BCUT2D eigenvalue weighted by molar-refractivity contribution is -0.709. The fraction of sp³-hybridized carbons (Fsp3) is 0.963. The quantitative estimate of drug-likeness (QED) is 0.239. The third-order valence-corrected chi connectivity index (χ3v) is 12.0. The van der Waals surface area contributed by atoms with Crippen molar-refractivity contribution in [1.29, 1.82) is 0 Å². The maximum absolute atomic E-state index is 13.4. The molecule has 2 saturated carbocycles. The van der Waals surface area contributed by atoms with E-state index in [-0.39, 0.29) is 29.8 Å². The number of rotatable bonds is 8. The van der Waals surface area contributed by atoms with Gasteiger partial charge in [0, 0.05) is 56.5 Å². The second kappa shape index (κ2) is 12.0. The number of aliphatic hydroxyl groups excluding tert-OH is 2. The van der Waals surface area contributed by atoms with Crippen LogP contribution in [0.25, 0.3) is 0 Å². The molecule has 9 atom stereocenters. The Balaban J connectivity index is 1.29. The Kier molecular flexibility index (Phi) is 9.08. The number of piperidine rings is 1. The summed E-state index contributed by atoms with van der Waals surface area (Å²) < 4.78 is 5.44. The van der Waals surface area contributed by atoms with Crippen molar-refractivity contribution in [2.24, 2.45) is 22.7 Å². The lowest BCUT2D eigenvalue weighted by Gasteiger charge is -2.60. The molecule has 2 aliphatic carbocycles. The molecular weight excluding hydrogens is 490 g/mol. The van der Waals surface area contributed by atoms with Gasteiger partial charge in [-0.15, -0.1) is 0 Å². The Labute approximate surface area is 226 Å². The number of ether oxygens (including phenoxy) is 1. The van der Waals surface area contributed by atoms with Crippen molar-refractivity contribution < 1.29 is 25.1 Å². The maximum atomic E-state index is 13.4. The highest BCUT2D eigenvalue weighted by atomic mass is 32.2. The predicted molar refractivity (Wildman–Crippen MR) is 145 cm³/mol. The number of amides is 1. The van der Waals surface area contributed by atoms with E-state index in [2.05, 4.69) is 40.0 Å². The van der Waals surface area contributed by atoms with Crippen LogP contribution in [0.2, 0.25) is 0 Å². The second-order valence-electron chi connectivity index (χ2n) is 12.7. The molecule has 0 aromatic carbocycles. The number of carbonyl (C=O) groups excluding carboxylic acids is 1. The number of aliphatic hydroxyl groups is 2. The number of fused-ring (bicyclic) bond motifs is 2. The van der Waals surface area contributed by atoms with Gasteiger partial charge < -0.3 is 30.9 Å². The number of hydrogen-bond acceptors (Lipinski definition) is 8. The maximum Gasteiger partial charge on any atom is 0.220 e. The van der Waals surface area contributed by atoms with Gasteiger partial charge in [-0.25, -0.2) is 0 Å². The number of morpholine rings is 1. The first-order chi connectivity index (χ1) is 17.8. The molecule has 1 amide bonds. The van der Waals surface area contributed by atoms with Gasteiger partial charge in [0.15, 0.2) is 5.50 Å². The van der Waals surface area contributed by atoms with Crippen LogP contribution in [0.4, 0.5) is 0 Å². The number of hydrogen-bond donors (Lipinski definition) is 6. The minimum Gasteiger partial charge on any atom is -0.396 e. The zero-order valence-corrected chi connectivity index (χ0v) is 23.6. The molecule has 0 aromatic heterocycles. The third-order valence-electron chi connectivity index (χ3n) is 10.5. The molecule has 0 radical (unpaired) electrons. The molecule has 9 nitrogen and oxygen atoms in total. The fourth-order valence-corrected chi connectivity index (χ4v) is 9.89. The largest absolute Gasteiger partial charge is 0.396 e. The zero-order chi connectivity index (χ0) is 26.0. The number of quaternary nitrogens is 1. The van der Waals surface area contributed by atoms with Crippen LogP contribution < -0.4 is 21.3 Å². The van der Waals surface area contributed by atoms with Gasteiger partial charge in [-0.2, -0.15) is 0 Å². The molecule has 0 aromatic rings. The number of nitrogens with two attached hydrogens (primary N) is 1. The number of carbonyl (C=O) groups is 1. The Morgan fingerprint density at radius 2 is 2.08 bits per heavy atom. The Morgan fingerprint density at radius 3 is 2.81 bits per heavy atom. The summed E-state index contributed by atoms with van der Waals surface area (Å²) in [6, 6.07) is 0.857. The van der Waals surface area contributed by atoms with E-state index >= 15 is 0 Å². The summed E-state index contributed by atoms with van der Waals surface area (Å²) in [4.78, 5) is 15.7. The molecule has 10 heteroatoms. The summed E-state index contributed by atoms with van der Waals surface area (Å²) in [6.07, 6.45) is 5.04. The highest BCUT2D eigenvalue weighted by Crippen LogP contribution is 2.62. The normalized spacial score (nSPS) is 44.7. The predicted octanol–water partition coefficient (Wildman–Crippen LogP) is -0.707. The summed E-state index contributed by atoms with van der Waals surface area (Å²) in [5.74, 6) is 0.543. The molecule has 3 heterocycles. The smallest absolute Gasteiger partial charge is 0.220 e. The molecule has 5 fully saturated rings. The molecule has 7 N–H and O–H groups in total. The second-order valence-corrected chi connectivity index (χ2v) is 14.1. The Morgan fingerprint density at radius 1 is 1.27 bits per heavy atom. The van der Waals surface area contributed by atoms with E-state index in [0.717, 1.165) is 58.8 Å². The average molecular weight is 541 g/mol. The number of nitrogens with zero attached hydrogens (tertiary/aromatic N) is 1. The first kappa shape index (κ1) is 28.1. The van der Waals surface area contributed by atoms with Crippen LogP contribution in [0.5, 0.6) is 0 Å². The third kappa shape index (κ3) is 5.87. The Bertz CT molecular complexity index is 782. The van der Waals surface area contributed by atoms with Gasteiger partial charge in [-0.1, -0.05) is 25.6 Å². The van der Waals surface area contributed by atoms with Gasteiger partial charge in [-0.3, -0.25) is 15.0 Å². The highest BCUT2D eigenvalue weighted by molar-refractivity contribution is 8.00. The summed E-state index contributed by atoms with van der Waals surface area (Å²) >= 11 is 2.01. The molecule has 37 heavy (non-hydrogen) atoms. The van der Waals surface area contributed by atoms with Crippen LogP contribution in [0.15, 0.2) is 0 Å². The van der Waals surface area contributed by atoms with Crippen LogP contribution in [-0.2, 0) is 9.53 Å². The van der Waals surface area contributed by atoms with Gasteiger partial charge >= 0.3 is 0 Å². The molecule has 0 spiro atoms. The molecule has 3 saturated heterocycles. The van der Waals surface area contributed by atoms with E-state index in [9.17, 15) is 15.0 Å². The van der Waals surface area contributed by atoms with Gasteiger partial charge in [0.25, 0.3) is 0 Å². The molecule has 0 bridgehead atoms. The SMILES string of the molecule is C[C@]1(CO)[C@H]2CC3SC(NC4CCCNC4)[NH2+]C3[C@@H](CC(=O)NCCN3CCOCC3)[C@]2(C)CC[C@H]1O. The zero-order valence-electron chi connectivity index (χ0n) is 22.8. The van der Waals surface area contributed by atoms with Crippen LogP contribution in [0.1, 0.15) is 52.4 Å². The van der Waals surface area contributed by atoms with E-state index in [0.29, 0.717) is 42.2 Å². The van der Waals surface area contributed by atoms with Crippen molar-refractivity contribution in [3.05, 3.63) is 0 Å². The van der Waals surface area contributed by atoms with E-state index < -0.39 is 11.5 Å². The van der Waals surface area contributed by atoms with Crippen molar-refractivity contribution >= 4 is 17.7 Å². The van der Waals surface area contributed by atoms with Crippen molar-refractivity contribution in [1.82, 2.24) is 20.9 Å². The van der Waals surface area contributed by atoms with Gasteiger partial charge in [-0.05, 0) is 50.0 Å². The molecule has 4 unspecified atom stereocenters. The van der Waals surface area contributed by atoms with Crippen molar-refractivity contribution in [2.75, 3.05) is 59.1 Å². The van der Waals surface area contributed by atoms with Crippen molar-refractivity contribution in [3.8, 4) is 0 Å². The minimum atomic E-state index is -0.525. The first-order valence-corrected chi connectivity index (χ1v) is 15.6. The summed E-state index contributed by atoms with van der Waals surface area (Å²) in [7, 11) is 0. The molecular formula is C27H50N5O4S+. The summed E-state index contributed by atoms with van der Waals surface area (Å²) in [5, 5.41) is 35.1. The molecule has 3 aliphatic heterocycles. The lowest BCUT2D eigenvalue weighted by atomic mass is 9.46. The van der Waals surface area contributed by atoms with Crippen molar-refractivity contribution in [2.45, 2.75) is 81.3 Å². The van der Waals surface area contributed by atoms with Crippen LogP contribution in [0.3, 0.4) is 0 Å².